The molecule has 19 heteroatoms. The molecule has 0 heterocycles. The normalized spacial score (nSPS) is 13.9. The van der Waals surface area contributed by atoms with E-state index in [1.54, 1.807) is 0 Å². The molecule has 0 aliphatic rings. The lowest BCUT2D eigenvalue weighted by Crippen LogP contribution is -2.30. The lowest BCUT2D eigenvalue weighted by Gasteiger charge is -2.21. The minimum atomic E-state index is -4.96. The van der Waals surface area contributed by atoms with E-state index in [1.807, 2.05) is 0 Å². The zero-order chi connectivity index (χ0) is 71.8. The van der Waals surface area contributed by atoms with Crippen molar-refractivity contribution in [1.82, 2.24) is 0 Å². The van der Waals surface area contributed by atoms with Gasteiger partial charge in [-0.25, -0.2) is 9.13 Å². The third-order valence-electron chi connectivity index (χ3n) is 18.3. The largest absolute Gasteiger partial charge is 0.472 e. The summed E-state index contributed by atoms with van der Waals surface area (Å²) in [4.78, 5) is 73.0. The fourth-order valence-corrected chi connectivity index (χ4v) is 13.6. The van der Waals surface area contributed by atoms with Crippen LogP contribution < -0.4 is 0 Å². The fourth-order valence-electron chi connectivity index (χ4n) is 12.0. The van der Waals surface area contributed by atoms with Gasteiger partial charge in [0.05, 0.1) is 26.4 Å². The maximum absolute atomic E-state index is 13.1. The predicted octanol–water partition coefficient (Wildman–Crippen LogP) is 23.6. The van der Waals surface area contributed by atoms with Gasteiger partial charge in [-0.15, -0.1) is 0 Å². The van der Waals surface area contributed by atoms with E-state index in [2.05, 4.69) is 39.8 Å². The van der Waals surface area contributed by atoms with Crippen molar-refractivity contribution in [2.45, 2.75) is 431 Å². The van der Waals surface area contributed by atoms with Crippen LogP contribution in [0.15, 0.2) is 12.2 Å². The van der Waals surface area contributed by atoms with Crippen LogP contribution in [0, 0.1) is 0 Å². The van der Waals surface area contributed by atoms with Crippen molar-refractivity contribution < 1.29 is 80.2 Å². The highest BCUT2D eigenvalue weighted by Gasteiger charge is 2.30. The number of esters is 4. The van der Waals surface area contributed by atoms with Crippen LogP contribution >= 0.6 is 15.6 Å². The number of hydrogen-bond donors (Lipinski definition) is 3. The summed E-state index contributed by atoms with van der Waals surface area (Å²) in [6.45, 7) is 4.99. The summed E-state index contributed by atoms with van der Waals surface area (Å²) in [5, 5.41) is 10.6. The summed E-state index contributed by atoms with van der Waals surface area (Å²) in [6, 6.07) is 0. The average Bonchev–Trinajstić information content (AvgIpc) is 1.05. The first-order valence-electron chi connectivity index (χ1n) is 40.9. The van der Waals surface area contributed by atoms with E-state index in [4.69, 9.17) is 37.0 Å². The van der Waals surface area contributed by atoms with Gasteiger partial charge in [0.25, 0.3) is 0 Å². The van der Waals surface area contributed by atoms with Crippen molar-refractivity contribution >= 4 is 39.5 Å². The number of aliphatic hydroxyl groups excluding tert-OH is 1. The number of phosphoric acid groups is 2. The molecular weight excluding hydrogens is 1280 g/mol. The van der Waals surface area contributed by atoms with Gasteiger partial charge in [-0.2, -0.15) is 0 Å². The standard InChI is InChI=1S/C79H152O17P2/c1-5-9-13-17-21-25-29-33-36-40-44-48-52-56-60-64-77(82)90-70-75(96-79(84)66-62-58-54-50-46-42-38-35-31-27-23-19-15-11-7-3)72-94-98(87,88)92-68-73(80)67-91-97(85,86)93-71-74(69-89-76(81)63-59-55-51-47-43-39-32-28-24-20-16-12-8-4)95-78(83)65-61-57-53-49-45-41-37-34-30-26-22-18-14-10-6-2/h26,30,73-75,80H,5-25,27-29,31-72H2,1-4H3,(H,85,86)(H,87,88)/b30-26-/t73-,74+,75+/m0/s1. The first kappa shape index (κ1) is 95.8. The number of ether oxygens (including phenoxy) is 4. The quantitative estimate of drug-likeness (QED) is 0.0169. The van der Waals surface area contributed by atoms with E-state index in [1.165, 1.54) is 225 Å². The van der Waals surface area contributed by atoms with E-state index in [-0.39, 0.29) is 25.7 Å². The molecule has 0 aliphatic carbocycles. The molecule has 0 aliphatic heterocycles. The molecule has 580 valence electrons. The van der Waals surface area contributed by atoms with Crippen LogP contribution in [0.2, 0.25) is 0 Å². The highest BCUT2D eigenvalue weighted by molar-refractivity contribution is 7.47. The molecule has 0 spiro atoms. The Labute approximate surface area is 600 Å². The second kappa shape index (κ2) is 73.1. The van der Waals surface area contributed by atoms with Gasteiger partial charge in [0, 0.05) is 25.7 Å². The van der Waals surface area contributed by atoms with E-state index < -0.39 is 97.5 Å². The van der Waals surface area contributed by atoms with Crippen LogP contribution in [-0.4, -0.2) is 96.7 Å². The smallest absolute Gasteiger partial charge is 0.462 e. The highest BCUT2D eigenvalue weighted by atomic mass is 31.2. The first-order valence-corrected chi connectivity index (χ1v) is 43.9. The number of hydrogen-bond acceptors (Lipinski definition) is 15. The van der Waals surface area contributed by atoms with E-state index in [0.717, 1.165) is 109 Å². The number of carbonyl (C=O) groups excluding carboxylic acids is 4. The molecule has 0 radical (unpaired) electrons. The SMILES string of the molecule is CCCCCC/C=C\CCCCCCCCCC(=O)O[C@H](COC(=O)CCCCCCCCCCCCCCC)COP(=O)(O)OC[C@H](O)COP(=O)(O)OC[C@@H](COC(=O)CCCCCCCCCCCCCCCCC)OC(=O)CCCCCCCCCCCCCCCCC. The molecule has 0 saturated carbocycles. The molecule has 3 N–H and O–H groups in total. The van der Waals surface area contributed by atoms with Gasteiger partial charge in [-0.05, 0) is 51.4 Å². The Hall–Kier alpha value is -2.20. The van der Waals surface area contributed by atoms with Gasteiger partial charge in [0.1, 0.15) is 19.3 Å². The van der Waals surface area contributed by atoms with Gasteiger partial charge in [0.15, 0.2) is 12.2 Å². The van der Waals surface area contributed by atoms with Crippen molar-refractivity contribution in [3.05, 3.63) is 12.2 Å². The summed E-state index contributed by atoms with van der Waals surface area (Å²) >= 11 is 0. The molecule has 0 rings (SSSR count). The van der Waals surface area contributed by atoms with Crippen LogP contribution in [0.5, 0.6) is 0 Å². The zero-order valence-corrected chi connectivity index (χ0v) is 65.3. The lowest BCUT2D eigenvalue weighted by molar-refractivity contribution is -0.161. The van der Waals surface area contributed by atoms with Gasteiger partial charge in [0.2, 0.25) is 0 Å². The fraction of sp³-hybridized carbons (Fsp3) is 0.924. The molecule has 0 aromatic heterocycles. The number of carbonyl (C=O) groups is 4. The molecule has 2 unspecified atom stereocenters. The lowest BCUT2D eigenvalue weighted by atomic mass is 10.0. The Bertz CT molecular complexity index is 1910. The Morgan fingerprint density at radius 1 is 0.276 bits per heavy atom. The summed E-state index contributed by atoms with van der Waals surface area (Å²) < 4.78 is 68.7. The third-order valence-corrected chi connectivity index (χ3v) is 20.2. The van der Waals surface area contributed by atoms with Crippen molar-refractivity contribution in [3.8, 4) is 0 Å². The minimum Gasteiger partial charge on any atom is -0.462 e. The number of rotatable bonds is 79. The van der Waals surface area contributed by atoms with Crippen LogP contribution in [0.4, 0.5) is 0 Å². The first-order chi connectivity index (χ1) is 47.7. The second-order valence-electron chi connectivity index (χ2n) is 28.1. The summed E-state index contributed by atoms with van der Waals surface area (Å²) in [5.74, 6) is -2.12. The number of phosphoric ester groups is 2. The molecule has 0 saturated heterocycles. The molecule has 0 fully saturated rings. The van der Waals surface area contributed by atoms with E-state index in [0.29, 0.717) is 25.7 Å². The van der Waals surface area contributed by atoms with Crippen molar-refractivity contribution in [2.75, 3.05) is 39.6 Å². The number of aliphatic hydroxyl groups is 1. The topological polar surface area (TPSA) is 237 Å². The number of allylic oxidation sites excluding steroid dienone is 2. The summed E-state index contributed by atoms with van der Waals surface area (Å²) in [7, 11) is -9.92. The second-order valence-corrected chi connectivity index (χ2v) is 31.0. The minimum absolute atomic E-state index is 0.100. The molecule has 5 atom stereocenters. The maximum Gasteiger partial charge on any atom is 0.472 e. The van der Waals surface area contributed by atoms with Crippen LogP contribution in [-0.2, 0) is 65.4 Å². The van der Waals surface area contributed by atoms with Gasteiger partial charge < -0.3 is 33.8 Å². The Balaban J connectivity index is 5.28. The van der Waals surface area contributed by atoms with Crippen molar-refractivity contribution in [3.63, 3.8) is 0 Å². The Morgan fingerprint density at radius 3 is 0.714 bits per heavy atom. The van der Waals surface area contributed by atoms with Crippen LogP contribution in [0.3, 0.4) is 0 Å². The molecule has 0 bridgehead atoms. The highest BCUT2D eigenvalue weighted by Crippen LogP contribution is 2.45. The molecule has 0 aromatic carbocycles. The van der Waals surface area contributed by atoms with Crippen molar-refractivity contribution in [1.29, 1.82) is 0 Å². The van der Waals surface area contributed by atoms with Gasteiger partial charge in [-0.3, -0.25) is 37.3 Å². The number of unbranched alkanes of at least 4 members (excludes halogenated alkanes) is 51. The zero-order valence-electron chi connectivity index (χ0n) is 63.5. The molecule has 0 amide bonds. The molecular formula is C79H152O17P2. The van der Waals surface area contributed by atoms with Crippen molar-refractivity contribution in [2.24, 2.45) is 0 Å². The van der Waals surface area contributed by atoms with E-state index >= 15 is 0 Å². The summed E-state index contributed by atoms with van der Waals surface area (Å²) in [6.07, 6.45) is 66.0. The average molecular weight is 1440 g/mol. The molecule has 98 heavy (non-hydrogen) atoms. The monoisotopic (exact) mass is 1440 g/mol. The Morgan fingerprint density at radius 2 is 0.469 bits per heavy atom. The van der Waals surface area contributed by atoms with Crippen LogP contribution in [0.25, 0.3) is 0 Å². The third kappa shape index (κ3) is 72.2. The van der Waals surface area contributed by atoms with E-state index in [9.17, 15) is 43.2 Å². The maximum atomic E-state index is 13.1. The van der Waals surface area contributed by atoms with Crippen LogP contribution in [0.1, 0.15) is 413 Å². The van der Waals surface area contributed by atoms with Gasteiger partial charge >= 0.3 is 39.5 Å². The van der Waals surface area contributed by atoms with Gasteiger partial charge in [-0.1, -0.05) is 348 Å². The predicted molar refractivity (Wildman–Crippen MR) is 400 cm³/mol. The molecule has 17 nitrogen and oxygen atoms in total. The Kier molecular flexibility index (Phi) is 71.5. The molecule has 0 aromatic rings. The summed E-state index contributed by atoms with van der Waals surface area (Å²) in [5.41, 5.74) is 0.